The first-order chi connectivity index (χ1) is 13.2. The number of ether oxygens (including phenoxy) is 3. The van der Waals surface area contributed by atoms with Crippen LogP contribution in [-0.2, 0) is 4.79 Å². The zero-order valence-electron chi connectivity index (χ0n) is 14.5. The third-order valence-corrected chi connectivity index (χ3v) is 5.78. The highest BCUT2D eigenvalue weighted by Gasteiger charge is 2.33. The molecule has 2 aliphatic heterocycles. The maximum Gasteiger partial charge on any atom is 0.231 e. The number of nitrogens with zero attached hydrogens (tertiary/aromatic N) is 1. The lowest BCUT2D eigenvalue weighted by atomic mass is 9.89. The standard InChI is InChI=1S/C20H16N2O4S/c1-24-14-7-12(8-15-19(14)26-10-25-15)13-9-16(23)21-18-17(22-27-20(13)18)11-5-3-2-4-6-11/h2-8,13H,9-10H2,1H3,(H,21,23)/t13-/m1/s1. The summed E-state index contributed by atoms with van der Waals surface area (Å²) < 4.78 is 21.1. The molecule has 1 aromatic heterocycles. The van der Waals surface area contributed by atoms with Crippen LogP contribution in [0.4, 0.5) is 5.69 Å². The average Bonchev–Trinajstić information content (AvgIpc) is 3.34. The molecule has 0 spiro atoms. The number of methoxy groups -OCH3 is 1. The first kappa shape index (κ1) is 16.1. The lowest BCUT2D eigenvalue weighted by molar-refractivity contribution is -0.116. The summed E-state index contributed by atoms with van der Waals surface area (Å²) in [7, 11) is 1.60. The molecule has 0 saturated carbocycles. The molecule has 1 atom stereocenters. The Hall–Kier alpha value is -3.06. The molecule has 2 aliphatic rings. The molecule has 3 heterocycles. The van der Waals surface area contributed by atoms with Crippen molar-refractivity contribution >= 4 is 23.1 Å². The molecule has 5 rings (SSSR count). The van der Waals surface area contributed by atoms with E-state index < -0.39 is 0 Å². The van der Waals surface area contributed by atoms with Crippen molar-refractivity contribution in [2.75, 3.05) is 19.2 Å². The fourth-order valence-electron chi connectivity index (χ4n) is 3.54. The molecule has 0 radical (unpaired) electrons. The Balaban J connectivity index is 1.62. The normalized spacial score (nSPS) is 17.4. The first-order valence-electron chi connectivity index (χ1n) is 8.57. The van der Waals surface area contributed by atoms with E-state index >= 15 is 0 Å². The summed E-state index contributed by atoms with van der Waals surface area (Å²) in [6.07, 6.45) is 0.353. The van der Waals surface area contributed by atoms with Crippen LogP contribution < -0.4 is 19.5 Å². The lowest BCUT2D eigenvalue weighted by Gasteiger charge is -2.23. The molecule has 1 N–H and O–H groups in total. The van der Waals surface area contributed by atoms with Gasteiger partial charge in [-0.05, 0) is 29.2 Å². The summed E-state index contributed by atoms with van der Waals surface area (Å²) >= 11 is 1.42. The van der Waals surface area contributed by atoms with Crippen molar-refractivity contribution in [1.29, 1.82) is 0 Å². The van der Waals surface area contributed by atoms with Gasteiger partial charge in [-0.15, -0.1) is 0 Å². The summed E-state index contributed by atoms with van der Waals surface area (Å²) in [5.41, 5.74) is 3.54. The van der Waals surface area contributed by atoms with Crippen LogP contribution in [-0.4, -0.2) is 24.2 Å². The number of anilines is 1. The molecule has 0 fully saturated rings. The number of rotatable bonds is 3. The molecule has 2 aromatic carbocycles. The van der Waals surface area contributed by atoms with E-state index in [1.165, 1.54) is 11.5 Å². The third-order valence-electron chi connectivity index (χ3n) is 4.82. The number of hydrogen-bond donors (Lipinski definition) is 1. The number of nitrogens with one attached hydrogen (secondary N) is 1. The summed E-state index contributed by atoms with van der Waals surface area (Å²) in [6.45, 7) is 0.171. The van der Waals surface area contributed by atoms with Crippen LogP contribution in [0.3, 0.4) is 0 Å². The van der Waals surface area contributed by atoms with Gasteiger partial charge in [-0.2, -0.15) is 4.37 Å². The molecule has 0 aliphatic carbocycles. The maximum absolute atomic E-state index is 12.5. The van der Waals surface area contributed by atoms with E-state index in [1.807, 2.05) is 42.5 Å². The SMILES string of the molecule is COc1cc([C@H]2CC(=O)Nc3c(-c4ccccc4)nsc32)cc2c1OCO2. The highest BCUT2D eigenvalue weighted by Crippen LogP contribution is 2.49. The van der Waals surface area contributed by atoms with Crippen molar-refractivity contribution in [3.63, 3.8) is 0 Å². The fourth-order valence-corrected chi connectivity index (χ4v) is 4.52. The van der Waals surface area contributed by atoms with Crippen LogP contribution in [0.1, 0.15) is 22.8 Å². The van der Waals surface area contributed by atoms with E-state index in [-0.39, 0.29) is 18.6 Å². The molecule has 0 bridgehead atoms. The number of hydrogen-bond acceptors (Lipinski definition) is 6. The minimum absolute atomic E-state index is 0.0264. The smallest absolute Gasteiger partial charge is 0.231 e. The number of benzene rings is 2. The second-order valence-electron chi connectivity index (χ2n) is 6.40. The van der Waals surface area contributed by atoms with Gasteiger partial charge < -0.3 is 19.5 Å². The number of amides is 1. The highest BCUT2D eigenvalue weighted by molar-refractivity contribution is 7.07. The Kier molecular flexibility index (Phi) is 3.75. The minimum atomic E-state index is -0.105. The Morgan fingerprint density at radius 2 is 2.07 bits per heavy atom. The summed E-state index contributed by atoms with van der Waals surface area (Å²) in [5.74, 6) is 1.73. The fraction of sp³-hybridized carbons (Fsp3) is 0.200. The summed E-state index contributed by atoms with van der Waals surface area (Å²) in [5, 5.41) is 3.01. The molecule has 136 valence electrons. The molecule has 6 nitrogen and oxygen atoms in total. The molecular weight excluding hydrogens is 364 g/mol. The molecule has 0 saturated heterocycles. The van der Waals surface area contributed by atoms with Gasteiger partial charge in [0.15, 0.2) is 11.5 Å². The van der Waals surface area contributed by atoms with Crippen LogP contribution in [0.5, 0.6) is 17.2 Å². The monoisotopic (exact) mass is 380 g/mol. The largest absolute Gasteiger partial charge is 0.493 e. The molecule has 1 amide bonds. The van der Waals surface area contributed by atoms with E-state index in [2.05, 4.69) is 9.69 Å². The van der Waals surface area contributed by atoms with E-state index in [4.69, 9.17) is 14.2 Å². The van der Waals surface area contributed by atoms with Crippen LogP contribution in [0, 0.1) is 0 Å². The number of fused-ring (bicyclic) bond motifs is 2. The maximum atomic E-state index is 12.5. The van der Waals surface area contributed by atoms with Gasteiger partial charge in [0.2, 0.25) is 18.4 Å². The Labute approximate surface area is 159 Å². The minimum Gasteiger partial charge on any atom is -0.493 e. The van der Waals surface area contributed by atoms with Crippen molar-refractivity contribution in [3.8, 4) is 28.5 Å². The molecule has 27 heavy (non-hydrogen) atoms. The zero-order chi connectivity index (χ0) is 18.4. The van der Waals surface area contributed by atoms with Crippen molar-refractivity contribution in [2.45, 2.75) is 12.3 Å². The van der Waals surface area contributed by atoms with Gasteiger partial charge in [-0.3, -0.25) is 4.79 Å². The van der Waals surface area contributed by atoms with Crippen LogP contribution in [0.2, 0.25) is 0 Å². The van der Waals surface area contributed by atoms with Crippen LogP contribution >= 0.6 is 11.5 Å². The number of carbonyl (C=O) groups is 1. The molecular formula is C20H16N2O4S. The summed E-state index contributed by atoms with van der Waals surface area (Å²) in [4.78, 5) is 13.5. The van der Waals surface area contributed by atoms with Crippen molar-refractivity contribution < 1.29 is 19.0 Å². The van der Waals surface area contributed by atoms with Crippen LogP contribution in [0.25, 0.3) is 11.3 Å². The van der Waals surface area contributed by atoms with Gasteiger partial charge in [-0.25, -0.2) is 0 Å². The van der Waals surface area contributed by atoms with Crippen molar-refractivity contribution in [3.05, 3.63) is 52.9 Å². The quantitative estimate of drug-likeness (QED) is 0.743. The van der Waals surface area contributed by atoms with E-state index in [0.717, 1.165) is 27.4 Å². The second kappa shape index (κ2) is 6.28. The van der Waals surface area contributed by atoms with Gasteiger partial charge in [0.1, 0.15) is 5.69 Å². The predicted molar refractivity (Wildman–Crippen MR) is 102 cm³/mol. The van der Waals surface area contributed by atoms with Gasteiger partial charge in [-0.1, -0.05) is 30.3 Å². The Morgan fingerprint density at radius 1 is 1.22 bits per heavy atom. The Bertz CT molecular complexity index is 1030. The van der Waals surface area contributed by atoms with E-state index in [1.54, 1.807) is 7.11 Å². The van der Waals surface area contributed by atoms with E-state index in [0.29, 0.717) is 23.7 Å². The Morgan fingerprint density at radius 3 is 2.89 bits per heavy atom. The van der Waals surface area contributed by atoms with Gasteiger partial charge in [0, 0.05) is 17.9 Å². The van der Waals surface area contributed by atoms with Crippen LogP contribution in [0.15, 0.2) is 42.5 Å². The first-order valence-corrected chi connectivity index (χ1v) is 9.34. The molecule has 7 heteroatoms. The molecule has 3 aromatic rings. The van der Waals surface area contributed by atoms with Crippen molar-refractivity contribution in [1.82, 2.24) is 4.37 Å². The van der Waals surface area contributed by atoms with Crippen molar-refractivity contribution in [2.24, 2.45) is 0 Å². The van der Waals surface area contributed by atoms with E-state index in [9.17, 15) is 4.79 Å². The van der Waals surface area contributed by atoms with Gasteiger partial charge in [0.25, 0.3) is 0 Å². The summed E-state index contributed by atoms with van der Waals surface area (Å²) in [6, 6.07) is 13.7. The lowest BCUT2D eigenvalue weighted by Crippen LogP contribution is -2.22. The third kappa shape index (κ3) is 2.62. The molecule has 0 unspecified atom stereocenters. The number of carbonyl (C=O) groups excluding carboxylic acids is 1. The van der Waals surface area contributed by atoms with Gasteiger partial charge in [0.05, 0.1) is 17.7 Å². The topological polar surface area (TPSA) is 69.7 Å². The zero-order valence-corrected chi connectivity index (χ0v) is 15.3. The highest BCUT2D eigenvalue weighted by atomic mass is 32.1. The number of aromatic nitrogens is 1. The van der Waals surface area contributed by atoms with Gasteiger partial charge >= 0.3 is 0 Å². The second-order valence-corrected chi connectivity index (χ2v) is 7.20. The predicted octanol–water partition coefficient (Wildman–Crippen LogP) is 4.02. The average molecular weight is 380 g/mol.